The number of ether oxygens (including phenoxy) is 1. The summed E-state index contributed by atoms with van der Waals surface area (Å²) in [5, 5.41) is 2.78. The van der Waals surface area contributed by atoms with E-state index in [1.807, 2.05) is 30.3 Å². The van der Waals surface area contributed by atoms with Crippen LogP contribution in [0.1, 0.15) is 20.9 Å². The highest BCUT2D eigenvalue weighted by molar-refractivity contribution is 9.10. The minimum absolute atomic E-state index is 0.287. The molecule has 0 atom stereocenters. The van der Waals surface area contributed by atoms with E-state index in [2.05, 4.69) is 35.1 Å². The third kappa shape index (κ3) is 3.84. The summed E-state index contributed by atoms with van der Waals surface area (Å²) in [6, 6.07) is 9.63. The number of amides is 1. The first-order valence-electron chi connectivity index (χ1n) is 6.27. The Balaban J connectivity index is 1.83. The van der Waals surface area contributed by atoms with Gasteiger partial charge in [0.05, 0.1) is 0 Å². The molecular weight excluding hydrogens is 338 g/mol. The number of alkyl carbamates (subject to hydrolysis) is 1. The predicted molar refractivity (Wildman–Crippen MR) is 85.0 cm³/mol. The number of hydrogen-bond donors (Lipinski definition) is 1. The van der Waals surface area contributed by atoms with Gasteiger partial charge in [-0.25, -0.2) is 4.79 Å². The van der Waals surface area contributed by atoms with Crippen LogP contribution in [0.2, 0.25) is 0 Å². The van der Waals surface area contributed by atoms with Crippen LogP contribution >= 0.6 is 27.3 Å². The lowest BCUT2D eigenvalue weighted by molar-refractivity contribution is 0.139. The lowest BCUT2D eigenvalue weighted by Gasteiger charge is -2.07. The number of halogens is 1. The van der Waals surface area contributed by atoms with E-state index in [0.717, 1.165) is 15.6 Å². The van der Waals surface area contributed by atoms with Gasteiger partial charge in [-0.3, -0.25) is 0 Å². The van der Waals surface area contributed by atoms with Gasteiger partial charge >= 0.3 is 6.09 Å². The molecule has 0 aliphatic carbocycles. The van der Waals surface area contributed by atoms with Gasteiger partial charge in [0.2, 0.25) is 0 Å². The first kappa shape index (κ1) is 15.1. The average molecular weight is 354 g/mol. The molecule has 1 aromatic heterocycles. The molecule has 106 valence electrons. The zero-order valence-corrected chi connectivity index (χ0v) is 13.8. The highest BCUT2D eigenvalue weighted by Gasteiger charge is 2.12. The number of nitrogens with one attached hydrogen (secondary N) is 1. The fourth-order valence-corrected chi connectivity index (χ4v) is 3.62. The van der Waals surface area contributed by atoms with Crippen LogP contribution in [0.3, 0.4) is 0 Å². The van der Waals surface area contributed by atoms with Crippen molar-refractivity contribution in [3.63, 3.8) is 0 Å². The predicted octanol–water partition coefficient (Wildman–Crippen LogP) is 4.55. The van der Waals surface area contributed by atoms with Crippen LogP contribution in [0.4, 0.5) is 4.79 Å². The summed E-state index contributed by atoms with van der Waals surface area (Å²) >= 11 is 5.26. The summed E-state index contributed by atoms with van der Waals surface area (Å²) in [5.41, 5.74) is 2.09. The molecule has 3 nitrogen and oxygen atoms in total. The number of carbonyl (C=O) groups excluding carboxylic acids is 1. The molecule has 2 aromatic rings. The molecule has 20 heavy (non-hydrogen) atoms. The van der Waals surface area contributed by atoms with E-state index in [9.17, 15) is 4.79 Å². The lowest BCUT2D eigenvalue weighted by atomic mass is 10.2. The Bertz CT molecular complexity index is 595. The van der Waals surface area contributed by atoms with Gasteiger partial charge in [0, 0.05) is 20.8 Å². The molecule has 0 fully saturated rings. The monoisotopic (exact) mass is 353 g/mol. The van der Waals surface area contributed by atoms with E-state index < -0.39 is 6.09 Å². The van der Waals surface area contributed by atoms with E-state index in [1.54, 1.807) is 11.3 Å². The molecule has 0 radical (unpaired) electrons. The molecular formula is C15H16BrNO2S. The van der Waals surface area contributed by atoms with Crippen molar-refractivity contribution < 1.29 is 9.53 Å². The quantitative estimate of drug-likeness (QED) is 0.875. The maximum absolute atomic E-state index is 11.7. The van der Waals surface area contributed by atoms with Crippen molar-refractivity contribution >= 4 is 33.4 Å². The van der Waals surface area contributed by atoms with Crippen molar-refractivity contribution in [1.29, 1.82) is 0 Å². The molecule has 5 heteroatoms. The van der Waals surface area contributed by atoms with Gasteiger partial charge in [0.15, 0.2) is 0 Å². The minimum atomic E-state index is -0.399. The Labute approximate surface area is 131 Å². The number of hydrogen-bond acceptors (Lipinski definition) is 3. The summed E-state index contributed by atoms with van der Waals surface area (Å²) < 4.78 is 6.25. The van der Waals surface area contributed by atoms with Crippen molar-refractivity contribution in [2.75, 3.05) is 0 Å². The normalized spacial score (nSPS) is 10.3. The molecule has 1 aromatic carbocycles. The van der Waals surface area contributed by atoms with Gasteiger partial charge in [-0.2, -0.15) is 0 Å². The maximum Gasteiger partial charge on any atom is 0.407 e. The second-order valence-corrected chi connectivity index (χ2v) is 6.64. The molecule has 0 aliphatic heterocycles. The van der Waals surface area contributed by atoms with Gasteiger partial charge in [0.1, 0.15) is 6.61 Å². The Morgan fingerprint density at radius 1 is 1.25 bits per heavy atom. The molecule has 1 amide bonds. The Kier molecular flexibility index (Phi) is 5.20. The van der Waals surface area contributed by atoms with Gasteiger partial charge < -0.3 is 10.1 Å². The van der Waals surface area contributed by atoms with Gasteiger partial charge in [-0.15, -0.1) is 11.3 Å². The first-order valence-corrected chi connectivity index (χ1v) is 7.87. The van der Waals surface area contributed by atoms with E-state index in [1.165, 1.54) is 9.75 Å². The summed E-state index contributed by atoms with van der Waals surface area (Å²) in [6.45, 7) is 4.87. The van der Waals surface area contributed by atoms with Crippen molar-refractivity contribution in [3.8, 4) is 0 Å². The molecule has 0 aliphatic rings. The van der Waals surface area contributed by atoms with Crippen LogP contribution in [0.15, 0.2) is 34.8 Å². The third-order valence-corrected chi connectivity index (χ3v) is 5.33. The molecule has 2 rings (SSSR count). The molecule has 0 unspecified atom stereocenters. The van der Waals surface area contributed by atoms with Crippen molar-refractivity contribution in [2.45, 2.75) is 27.0 Å². The summed E-state index contributed by atoms with van der Waals surface area (Å²) in [5.74, 6) is 0. The van der Waals surface area contributed by atoms with E-state index in [-0.39, 0.29) is 6.61 Å². The van der Waals surface area contributed by atoms with Crippen LogP contribution in [-0.2, 0) is 17.9 Å². The second-order valence-electron chi connectivity index (χ2n) is 4.42. The zero-order valence-electron chi connectivity index (χ0n) is 11.4. The van der Waals surface area contributed by atoms with Crippen LogP contribution < -0.4 is 5.32 Å². The fraction of sp³-hybridized carbons (Fsp3) is 0.267. The summed E-state index contributed by atoms with van der Waals surface area (Å²) in [4.78, 5) is 14.1. The Hall–Kier alpha value is -1.33. The molecule has 1 heterocycles. The standard InChI is InChI=1S/C15H16BrNO2S/c1-10-13(14(16)11(2)20-10)8-17-15(18)19-9-12-6-4-3-5-7-12/h3-7H,8-9H2,1-2H3,(H,17,18). The molecule has 0 spiro atoms. The Morgan fingerprint density at radius 2 is 1.95 bits per heavy atom. The molecule has 0 saturated carbocycles. The van der Waals surface area contributed by atoms with Crippen molar-refractivity contribution in [1.82, 2.24) is 5.32 Å². The van der Waals surface area contributed by atoms with Crippen molar-refractivity contribution in [3.05, 3.63) is 55.7 Å². The SMILES string of the molecule is Cc1sc(C)c(CNC(=O)OCc2ccccc2)c1Br. The summed E-state index contributed by atoms with van der Waals surface area (Å²) in [7, 11) is 0. The smallest absolute Gasteiger partial charge is 0.407 e. The van der Waals surface area contributed by atoms with E-state index in [4.69, 9.17) is 4.74 Å². The molecule has 0 bridgehead atoms. The van der Waals surface area contributed by atoms with Gasteiger partial charge in [-0.05, 0) is 40.9 Å². The van der Waals surface area contributed by atoms with E-state index in [0.29, 0.717) is 6.54 Å². The number of aryl methyl sites for hydroxylation is 2. The second kappa shape index (κ2) is 6.90. The lowest BCUT2D eigenvalue weighted by Crippen LogP contribution is -2.23. The van der Waals surface area contributed by atoms with Crippen molar-refractivity contribution in [2.24, 2.45) is 0 Å². The molecule has 0 saturated heterocycles. The number of rotatable bonds is 4. The largest absolute Gasteiger partial charge is 0.445 e. The highest BCUT2D eigenvalue weighted by Crippen LogP contribution is 2.31. The maximum atomic E-state index is 11.7. The molecule has 1 N–H and O–H groups in total. The minimum Gasteiger partial charge on any atom is -0.445 e. The van der Waals surface area contributed by atoms with Gasteiger partial charge in [0.25, 0.3) is 0 Å². The Morgan fingerprint density at radius 3 is 2.55 bits per heavy atom. The topological polar surface area (TPSA) is 38.3 Å². The zero-order chi connectivity index (χ0) is 14.5. The van der Waals surface area contributed by atoms with Crippen LogP contribution in [0.5, 0.6) is 0 Å². The third-order valence-electron chi connectivity index (χ3n) is 2.93. The highest BCUT2D eigenvalue weighted by atomic mass is 79.9. The average Bonchev–Trinajstić information content (AvgIpc) is 2.69. The van der Waals surface area contributed by atoms with Crippen LogP contribution in [-0.4, -0.2) is 6.09 Å². The van der Waals surface area contributed by atoms with Gasteiger partial charge in [-0.1, -0.05) is 30.3 Å². The summed E-state index contributed by atoms with van der Waals surface area (Å²) in [6.07, 6.45) is -0.399. The van der Waals surface area contributed by atoms with E-state index >= 15 is 0 Å². The van der Waals surface area contributed by atoms with Crippen LogP contribution in [0, 0.1) is 13.8 Å². The number of benzene rings is 1. The number of thiophene rings is 1. The number of carbonyl (C=O) groups is 1. The first-order chi connectivity index (χ1) is 9.58. The van der Waals surface area contributed by atoms with Crippen LogP contribution in [0.25, 0.3) is 0 Å². The fourth-order valence-electron chi connectivity index (χ4n) is 1.84.